The molecule has 4 nitrogen and oxygen atoms in total. The number of piperidine rings is 1. The number of nitrogens with one attached hydrogen (secondary N) is 1. The standard InChI is InChI=1S/C23H37N3O/c1-17(2)25(18(3)4)16-14-23(20-11-7-6-8-12-20)21-13-9-10-15-26(21)19(5)24-22(23)27/h6-8,11-12,17-19,21H,9-10,13-16H2,1-5H3,(H,24,27). The second kappa shape index (κ2) is 8.32. The van der Waals surface area contributed by atoms with E-state index in [9.17, 15) is 4.79 Å². The molecule has 0 radical (unpaired) electrons. The van der Waals surface area contributed by atoms with Crippen LogP contribution in [0.1, 0.15) is 65.9 Å². The van der Waals surface area contributed by atoms with Gasteiger partial charge in [-0.25, -0.2) is 0 Å². The Morgan fingerprint density at radius 2 is 1.81 bits per heavy atom. The van der Waals surface area contributed by atoms with Gasteiger partial charge in [0.25, 0.3) is 0 Å². The van der Waals surface area contributed by atoms with Crippen LogP contribution < -0.4 is 5.32 Å². The van der Waals surface area contributed by atoms with E-state index in [0.717, 1.165) is 25.9 Å². The third-order valence-corrected chi connectivity index (χ3v) is 6.74. The molecular formula is C23H37N3O. The van der Waals surface area contributed by atoms with Crippen LogP contribution in [0.5, 0.6) is 0 Å². The summed E-state index contributed by atoms with van der Waals surface area (Å²) in [6.45, 7) is 13.2. The molecule has 2 aliphatic rings. The molecular weight excluding hydrogens is 334 g/mol. The SMILES string of the molecule is CC(C)N(CCC1(c2ccccc2)C(=O)NC(C)N2CCCCC21)C(C)C. The van der Waals surface area contributed by atoms with Crippen LogP contribution in [-0.2, 0) is 10.2 Å². The van der Waals surface area contributed by atoms with Crippen LogP contribution >= 0.6 is 0 Å². The van der Waals surface area contributed by atoms with Crippen molar-refractivity contribution < 1.29 is 4.79 Å². The maximum atomic E-state index is 13.6. The smallest absolute Gasteiger partial charge is 0.233 e. The maximum absolute atomic E-state index is 13.6. The Kier molecular flexibility index (Phi) is 6.27. The highest BCUT2D eigenvalue weighted by molar-refractivity contribution is 5.90. The second-order valence-corrected chi connectivity index (χ2v) is 8.91. The molecule has 1 aromatic rings. The van der Waals surface area contributed by atoms with Crippen LogP contribution in [0.25, 0.3) is 0 Å². The molecule has 0 aromatic heterocycles. The van der Waals surface area contributed by atoms with Gasteiger partial charge in [0.15, 0.2) is 0 Å². The first-order valence-corrected chi connectivity index (χ1v) is 10.8. The van der Waals surface area contributed by atoms with Crippen LogP contribution in [0.4, 0.5) is 0 Å². The van der Waals surface area contributed by atoms with Crippen LogP contribution in [0.2, 0.25) is 0 Å². The van der Waals surface area contributed by atoms with Gasteiger partial charge in [-0.2, -0.15) is 0 Å². The molecule has 27 heavy (non-hydrogen) atoms. The molecule has 3 atom stereocenters. The molecule has 1 amide bonds. The van der Waals surface area contributed by atoms with Gasteiger partial charge >= 0.3 is 0 Å². The normalized spacial score (nSPS) is 29.3. The molecule has 2 heterocycles. The van der Waals surface area contributed by atoms with Crippen LogP contribution in [0.15, 0.2) is 30.3 Å². The summed E-state index contributed by atoms with van der Waals surface area (Å²) in [5, 5.41) is 3.32. The number of hydrogen-bond donors (Lipinski definition) is 1. The van der Waals surface area contributed by atoms with Crippen LogP contribution in [-0.4, -0.2) is 53.1 Å². The highest BCUT2D eigenvalue weighted by Crippen LogP contribution is 2.42. The Labute approximate surface area is 165 Å². The highest BCUT2D eigenvalue weighted by Gasteiger charge is 2.54. The lowest BCUT2D eigenvalue weighted by Crippen LogP contribution is -2.71. The van der Waals surface area contributed by atoms with Crippen molar-refractivity contribution in [3.63, 3.8) is 0 Å². The minimum atomic E-state index is -0.462. The topological polar surface area (TPSA) is 35.6 Å². The molecule has 3 unspecified atom stereocenters. The Morgan fingerprint density at radius 3 is 2.44 bits per heavy atom. The summed E-state index contributed by atoms with van der Waals surface area (Å²) in [6, 6.07) is 11.8. The summed E-state index contributed by atoms with van der Waals surface area (Å²) >= 11 is 0. The van der Waals surface area contributed by atoms with Crippen molar-refractivity contribution in [2.75, 3.05) is 13.1 Å². The van der Waals surface area contributed by atoms with Gasteiger partial charge in [-0.05, 0) is 59.4 Å². The number of hydrogen-bond acceptors (Lipinski definition) is 3. The van der Waals surface area contributed by atoms with Crippen molar-refractivity contribution in [2.24, 2.45) is 0 Å². The molecule has 2 aliphatic heterocycles. The number of fused-ring (bicyclic) bond motifs is 1. The van der Waals surface area contributed by atoms with E-state index in [-0.39, 0.29) is 12.1 Å². The average Bonchev–Trinajstić information content (AvgIpc) is 2.64. The second-order valence-electron chi connectivity index (χ2n) is 8.91. The Bertz CT molecular complexity index is 622. The quantitative estimate of drug-likeness (QED) is 0.827. The summed E-state index contributed by atoms with van der Waals surface area (Å²) in [6.07, 6.45) is 4.55. The summed E-state index contributed by atoms with van der Waals surface area (Å²) in [7, 11) is 0. The van der Waals surface area contributed by atoms with Crippen LogP contribution in [0.3, 0.4) is 0 Å². The van der Waals surface area contributed by atoms with Gasteiger partial charge < -0.3 is 5.32 Å². The molecule has 0 aliphatic carbocycles. The zero-order valence-corrected chi connectivity index (χ0v) is 17.7. The highest BCUT2D eigenvalue weighted by atomic mass is 16.2. The lowest BCUT2D eigenvalue weighted by Gasteiger charge is -2.54. The minimum absolute atomic E-state index is 0.130. The first-order chi connectivity index (χ1) is 12.9. The first kappa shape index (κ1) is 20.3. The van der Waals surface area contributed by atoms with Crippen molar-refractivity contribution in [1.29, 1.82) is 0 Å². The van der Waals surface area contributed by atoms with E-state index in [1.165, 1.54) is 18.4 Å². The van der Waals surface area contributed by atoms with Gasteiger partial charge in [-0.1, -0.05) is 36.8 Å². The molecule has 4 heteroatoms. The van der Waals surface area contributed by atoms with E-state index < -0.39 is 5.41 Å². The van der Waals surface area contributed by atoms with E-state index in [2.05, 4.69) is 74.0 Å². The molecule has 0 spiro atoms. The van der Waals surface area contributed by atoms with Crippen molar-refractivity contribution in [2.45, 2.75) is 90.0 Å². The maximum Gasteiger partial charge on any atom is 0.233 e. The minimum Gasteiger partial charge on any atom is -0.340 e. The fourth-order valence-electron chi connectivity index (χ4n) is 5.40. The van der Waals surface area contributed by atoms with E-state index in [4.69, 9.17) is 0 Å². The third kappa shape index (κ3) is 3.79. The van der Waals surface area contributed by atoms with Crippen molar-refractivity contribution in [1.82, 2.24) is 15.1 Å². The number of benzene rings is 1. The molecule has 3 rings (SSSR count). The molecule has 2 fully saturated rings. The van der Waals surface area contributed by atoms with Crippen LogP contribution in [0, 0.1) is 0 Å². The predicted molar refractivity (Wildman–Crippen MR) is 112 cm³/mol. The molecule has 150 valence electrons. The number of nitrogens with zero attached hydrogens (tertiary/aromatic N) is 2. The van der Waals surface area contributed by atoms with Crippen molar-refractivity contribution in [3.05, 3.63) is 35.9 Å². The Morgan fingerprint density at radius 1 is 1.15 bits per heavy atom. The average molecular weight is 372 g/mol. The van der Waals surface area contributed by atoms with Crippen molar-refractivity contribution >= 4 is 5.91 Å². The summed E-state index contributed by atoms with van der Waals surface area (Å²) in [5.41, 5.74) is 0.717. The number of carbonyl (C=O) groups is 1. The number of rotatable bonds is 6. The molecule has 2 saturated heterocycles. The van der Waals surface area contributed by atoms with Gasteiger partial charge in [0.05, 0.1) is 11.6 Å². The number of amides is 1. The Hall–Kier alpha value is -1.39. The van der Waals surface area contributed by atoms with E-state index >= 15 is 0 Å². The van der Waals surface area contributed by atoms with Gasteiger partial charge in [0, 0.05) is 31.2 Å². The monoisotopic (exact) mass is 371 g/mol. The largest absolute Gasteiger partial charge is 0.340 e. The van der Waals surface area contributed by atoms with Gasteiger partial charge in [-0.3, -0.25) is 14.6 Å². The summed E-state index contributed by atoms with van der Waals surface area (Å²) in [4.78, 5) is 18.6. The van der Waals surface area contributed by atoms with E-state index in [1.54, 1.807) is 0 Å². The molecule has 1 aromatic carbocycles. The Balaban J connectivity index is 2.01. The fraction of sp³-hybridized carbons (Fsp3) is 0.696. The third-order valence-electron chi connectivity index (χ3n) is 6.74. The van der Waals surface area contributed by atoms with Gasteiger partial charge in [-0.15, -0.1) is 0 Å². The molecule has 1 N–H and O–H groups in total. The lowest BCUT2D eigenvalue weighted by molar-refractivity contribution is -0.142. The van der Waals surface area contributed by atoms with Gasteiger partial charge in [0.2, 0.25) is 5.91 Å². The zero-order valence-electron chi connectivity index (χ0n) is 17.7. The van der Waals surface area contributed by atoms with E-state index in [0.29, 0.717) is 18.1 Å². The summed E-state index contributed by atoms with van der Waals surface area (Å²) in [5.74, 6) is 0.219. The first-order valence-electron chi connectivity index (χ1n) is 10.8. The fourth-order valence-corrected chi connectivity index (χ4v) is 5.40. The lowest BCUT2D eigenvalue weighted by atomic mass is 9.66. The zero-order chi connectivity index (χ0) is 19.6. The molecule has 0 saturated carbocycles. The van der Waals surface area contributed by atoms with Gasteiger partial charge in [0.1, 0.15) is 0 Å². The summed E-state index contributed by atoms with van der Waals surface area (Å²) < 4.78 is 0. The predicted octanol–water partition coefficient (Wildman–Crippen LogP) is 3.76. The number of carbonyl (C=O) groups excluding carboxylic acids is 1. The van der Waals surface area contributed by atoms with Crippen molar-refractivity contribution in [3.8, 4) is 0 Å². The van der Waals surface area contributed by atoms with E-state index in [1.807, 2.05) is 6.07 Å². The molecule has 0 bridgehead atoms.